The normalized spacial score (nSPS) is 13.5. The summed E-state index contributed by atoms with van der Waals surface area (Å²) in [5.74, 6) is 3.92. The van der Waals surface area contributed by atoms with Crippen LogP contribution in [0, 0.1) is 0 Å². The maximum absolute atomic E-state index is 4.94. The van der Waals surface area contributed by atoms with E-state index in [9.17, 15) is 0 Å². The van der Waals surface area contributed by atoms with Gasteiger partial charge in [0.25, 0.3) is 0 Å². The molecule has 0 radical (unpaired) electrons. The Kier molecular flexibility index (Phi) is 17.0. The van der Waals surface area contributed by atoms with E-state index in [1.54, 1.807) is 33.4 Å². The molecule has 1 aliphatic rings. The molecule has 1 aliphatic heterocycles. The van der Waals surface area contributed by atoms with E-state index in [2.05, 4.69) is 107 Å². The molecular weight excluding hydrogens is 538 g/mol. The monoisotopic (exact) mass is 592 g/mol. The van der Waals surface area contributed by atoms with Crippen molar-refractivity contribution in [1.82, 2.24) is 0 Å². The van der Waals surface area contributed by atoms with Crippen molar-refractivity contribution >= 4 is 48.9 Å². The van der Waals surface area contributed by atoms with E-state index in [4.69, 9.17) is 4.74 Å². The molecule has 0 N–H and O–H groups in total. The summed E-state index contributed by atoms with van der Waals surface area (Å²) >= 11 is 0. The number of ether oxygens (including phenoxy) is 1. The predicted molar refractivity (Wildman–Crippen MR) is 154 cm³/mol. The first-order chi connectivity index (χ1) is 15.4. The number of rotatable bonds is 6. The Labute approximate surface area is 253 Å². The van der Waals surface area contributed by atoms with E-state index in [1.165, 1.54) is 12.8 Å². The second-order valence-electron chi connectivity index (χ2n) is 11.6. The van der Waals surface area contributed by atoms with Crippen LogP contribution in [0.15, 0.2) is 24.3 Å². The van der Waals surface area contributed by atoms with Crippen molar-refractivity contribution in [3.8, 4) is 0 Å². The second-order valence-corrected chi connectivity index (χ2v) is 11.6. The van der Waals surface area contributed by atoms with Gasteiger partial charge >= 0.3 is 48.9 Å². The predicted octanol–water partition coefficient (Wildman–Crippen LogP) is 9.97. The molecule has 0 aromatic heterocycles. The van der Waals surface area contributed by atoms with Crippen molar-refractivity contribution in [3.63, 3.8) is 0 Å². The Morgan fingerprint density at radius 2 is 0.882 bits per heavy atom. The third-order valence-electron chi connectivity index (χ3n) is 6.60. The van der Waals surface area contributed by atoms with Crippen LogP contribution < -0.4 is 0 Å². The van der Waals surface area contributed by atoms with Gasteiger partial charge in [0.1, 0.15) is 0 Å². The molecule has 2 aromatic carbocycles. The molecule has 190 valence electrons. The van der Waals surface area contributed by atoms with Gasteiger partial charge in [0.05, 0.1) is 0 Å². The standard InChI is InChI=1S/2C14H23.C4H8O.Ba/c2*1-9(2)12-7-8-13(10(3)4)14(12)11(5)6;1-2-4-5-3-1;/h2*7-11H,1-6H3;1-4H2;/q2*-1;;+2. The molecule has 2 aromatic rings. The molecule has 0 spiro atoms. The smallest absolute Gasteiger partial charge is 0.381 e. The van der Waals surface area contributed by atoms with Gasteiger partial charge in [-0.25, -0.2) is 12.1 Å². The zero-order chi connectivity index (χ0) is 25.3. The first kappa shape index (κ1) is 34.2. The molecule has 34 heavy (non-hydrogen) atoms. The molecule has 2 heteroatoms. The van der Waals surface area contributed by atoms with Gasteiger partial charge in [-0.05, 0) is 24.7 Å². The molecule has 1 fully saturated rings. The molecule has 3 rings (SSSR count). The van der Waals surface area contributed by atoms with Crippen molar-refractivity contribution in [1.29, 1.82) is 0 Å². The molecule has 0 saturated carbocycles. The van der Waals surface area contributed by atoms with Crippen molar-refractivity contribution in [2.24, 2.45) is 0 Å². The summed E-state index contributed by atoms with van der Waals surface area (Å²) in [5, 5.41) is 0. The van der Waals surface area contributed by atoms with Crippen LogP contribution in [0.3, 0.4) is 0 Å². The van der Waals surface area contributed by atoms with E-state index in [-0.39, 0.29) is 48.9 Å². The van der Waals surface area contributed by atoms with Crippen molar-refractivity contribution < 1.29 is 4.74 Å². The summed E-state index contributed by atoms with van der Waals surface area (Å²) < 4.78 is 4.94. The van der Waals surface area contributed by atoms with Gasteiger partial charge in [0.2, 0.25) is 0 Å². The van der Waals surface area contributed by atoms with E-state index in [0.717, 1.165) is 13.2 Å². The third-order valence-corrected chi connectivity index (χ3v) is 6.60. The van der Waals surface area contributed by atoms with Gasteiger partial charge in [0, 0.05) is 13.2 Å². The first-order valence-corrected chi connectivity index (χ1v) is 13.6. The van der Waals surface area contributed by atoms with Crippen LogP contribution in [0.1, 0.15) is 165 Å². The topological polar surface area (TPSA) is 9.23 Å². The van der Waals surface area contributed by atoms with Gasteiger partial charge in [-0.3, -0.25) is 0 Å². The molecule has 0 amide bonds. The van der Waals surface area contributed by atoms with Crippen molar-refractivity contribution in [2.45, 2.75) is 131 Å². The van der Waals surface area contributed by atoms with Crippen molar-refractivity contribution in [2.75, 3.05) is 13.2 Å². The van der Waals surface area contributed by atoms with Crippen LogP contribution in [-0.2, 0) is 4.74 Å². The summed E-state index contributed by atoms with van der Waals surface area (Å²) in [6, 6.07) is 9.26. The Bertz CT molecular complexity index is 661. The fourth-order valence-corrected chi connectivity index (χ4v) is 4.91. The number of hydrogen-bond acceptors (Lipinski definition) is 1. The Morgan fingerprint density at radius 3 is 1.06 bits per heavy atom. The second kappa shape index (κ2) is 16.9. The van der Waals surface area contributed by atoms with E-state index in [0.29, 0.717) is 35.5 Å². The maximum Gasteiger partial charge on any atom is 2.00 e. The van der Waals surface area contributed by atoms with Crippen LogP contribution in [0.25, 0.3) is 0 Å². The van der Waals surface area contributed by atoms with Crippen LogP contribution in [0.2, 0.25) is 0 Å². The summed E-state index contributed by atoms with van der Waals surface area (Å²) in [6.07, 6.45) is 2.56. The quantitative estimate of drug-likeness (QED) is 0.240. The first-order valence-electron chi connectivity index (χ1n) is 13.6. The molecule has 1 saturated heterocycles. The average Bonchev–Trinajstić information content (AvgIpc) is 3.49. The van der Waals surface area contributed by atoms with E-state index < -0.39 is 0 Å². The average molecular weight is 592 g/mol. The Balaban J connectivity index is 0.000000519. The minimum atomic E-state index is 0. The minimum absolute atomic E-state index is 0. The minimum Gasteiger partial charge on any atom is -0.381 e. The van der Waals surface area contributed by atoms with Gasteiger partial charge in [-0.15, -0.1) is 0 Å². The molecule has 0 atom stereocenters. The summed E-state index contributed by atoms with van der Waals surface area (Å²) in [4.78, 5) is 0. The summed E-state index contributed by atoms with van der Waals surface area (Å²) in [7, 11) is 0. The molecule has 1 heterocycles. The SMILES string of the molecule is C1CCOC1.CC(C)c1cc[c-](C(C)C)c1C(C)C.CC(C)c1cc[c-](C(C)C)c1C(C)C.[Ba+2]. The molecule has 0 unspecified atom stereocenters. The van der Waals surface area contributed by atoms with Gasteiger partial charge in [-0.1, -0.05) is 107 Å². The van der Waals surface area contributed by atoms with Crippen LogP contribution in [0.5, 0.6) is 0 Å². The van der Waals surface area contributed by atoms with Crippen LogP contribution in [0.4, 0.5) is 0 Å². The molecule has 0 bridgehead atoms. The third kappa shape index (κ3) is 10.3. The molecular formula is C32H54BaO. The Hall–Kier alpha value is 0.231. The largest absolute Gasteiger partial charge is 2.00 e. The molecule has 0 aliphatic carbocycles. The fourth-order valence-electron chi connectivity index (χ4n) is 4.91. The molecule has 1 nitrogen and oxygen atoms in total. The van der Waals surface area contributed by atoms with Crippen molar-refractivity contribution in [3.05, 3.63) is 57.6 Å². The van der Waals surface area contributed by atoms with E-state index in [1.807, 2.05) is 0 Å². The van der Waals surface area contributed by atoms with Gasteiger partial charge < -0.3 is 4.74 Å². The van der Waals surface area contributed by atoms with Gasteiger partial charge in [0.15, 0.2) is 0 Å². The van der Waals surface area contributed by atoms with Crippen LogP contribution >= 0.6 is 0 Å². The number of hydrogen-bond donors (Lipinski definition) is 0. The Morgan fingerprint density at radius 1 is 0.559 bits per heavy atom. The van der Waals surface area contributed by atoms with Gasteiger partial charge in [-0.2, -0.15) is 45.5 Å². The zero-order valence-electron chi connectivity index (χ0n) is 24.7. The zero-order valence-corrected chi connectivity index (χ0v) is 29.2. The fraction of sp³-hybridized carbons (Fsp3) is 0.688. The maximum atomic E-state index is 4.94. The van der Waals surface area contributed by atoms with E-state index >= 15 is 0 Å². The van der Waals surface area contributed by atoms with Crippen LogP contribution in [-0.4, -0.2) is 62.1 Å². The summed E-state index contributed by atoms with van der Waals surface area (Å²) in [6.45, 7) is 29.5. The summed E-state index contributed by atoms with van der Waals surface area (Å²) in [5.41, 5.74) is 9.37.